The first-order valence-corrected chi connectivity index (χ1v) is 18.2. The van der Waals surface area contributed by atoms with Crippen molar-refractivity contribution in [2.24, 2.45) is 0 Å². The summed E-state index contributed by atoms with van der Waals surface area (Å²) in [6.45, 7) is 4.24. The van der Waals surface area contributed by atoms with E-state index in [1.807, 2.05) is 66.7 Å². The molecule has 52 heavy (non-hydrogen) atoms. The molecule has 4 aromatic rings. The van der Waals surface area contributed by atoms with Crippen LogP contribution in [-0.4, -0.2) is 70.6 Å². The van der Waals surface area contributed by atoms with Crippen molar-refractivity contribution in [3.63, 3.8) is 0 Å². The number of aliphatic hydroxyl groups is 1. The van der Waals surface area contributed by atoms with Gasteiger partial charge in [-0.1, -0.05) is 61.4 Å². The van der Waals surface area contributed by atoms with E-state index in [0.29, 0.717) is 30.6 Å². The van der Waals surface area contributed by atoms with Gasteiger partial charge in [-0.15, -0.1) is 0 Å². The summed E-state index contributed by atoms with van der Waals surface area (Å²) >= 11 is 0. The SMILES string of the molecule is Nc1ccccc1NC(=O)CCCCCCC(=O)Nc1ccc([C@@H]2O[C@H](CN3CCN(c4ncccn4)CC3)C[C@H](c3ccc(CO)cc3)O2)cc1. The highest BCUT2D eigenvalue weighted by Gasteiger charge is 2.34. The highest BCUT2D eigenvalue weighted by atomic mass is 16.7. The first-order valence-electron chi connectivity index (χ1n) is 18.2. The Morgan fingerprint density at radius 2 is 1.42 bits per heavy atom. The van der Waals surface area contributed by atoms with Crippen molar-refractivity contribution in [1.82, 2.24) is 14.9 Å². The maximum Gasteiger partial charge on any atom is 0.225 e. The molecule has 3 aromatic carbocycles. The molecular weight excluding hydrogens is 658 g/mol. The van der Waals surface area contributed by atoms with Gasteiger partial charge in [0.2, 0.25) is 17.8 Å². The molecule has 12 nitrogen and oxygen atoms in total. The minimum absolute atomic E-state index is 0.00470. The number of nitrogens with one attached hydrogen (secondary N) is 2. The second-order valence-corrected chi connectivity index (χ2v) is 13.4. The van der Waals surface area contributed by atoms with Crippen LogP contribution >= 0.6 is 0 Å². The van der Waals surface area contributed by atoms with Crippen LogP contribution in [0, 0.1) is 0 Å². The van der Waals surface area contributed by atoms with Gasteiger partial charge in [0.25, 0.3) is 0 Å². The van der Waals surface area contributed by atoms with Crippen LogP contribution in [0.2, 0.25) is 0 Å². The van der Waals surface area contributed by atoms with E-state index in [9.17, 15) is 14.7 Å². The highest BCUT2D eigenvalue weighted by Crippen LogP contribution is 2.38. The Morgan fingerprint density at radius 1 is 0.769 bits per heavy atom. The lowest BCUT2D eigenvalue weighted by molar-refractivity contribution is -0.253. The molecule has 5 N–H and O–H groups in total. The predicted octanol–water partition coefficient (Wildman–Crippen LogP) is 5.84. The molecular formula is C40H49N7O5. The summed E-state index contributed by atoms with van der Waals surface area (Å²) in [6, 6.07) is 24.6. The van der Waals surface area contributed by atoms with Crippen molar-refractivity contribution in [3.8, 4) is 0 Å². The lowest BCUT2D eigenvalue weighted by Gasteiger charge is -2.40. The number of amides is 2. The Kier molecular flexibility index (Phi) is 13.2. The molecule has 6 rings (SSSR count). The Hall–Kier alpha value is -4.88. The number of hydrogen-bond acceptors (Lipinski definition) is 10. The van der Waals surface area contributed by atoms with Crippen LogP contribution in [0.25, 0.3) is 0 Å². The first-order chi connectivity index (χ1) is 25.4. The molecule has 2 amide bonds. The van der Waals surface area contributed by atoms with E-state index >= 15 is 0 Å². The number of rotatable bonds is 15. The molecule has 0 aliphatic carbocycles. The van der Waals surface area contributed by atoms with Gasteiger partial charge in [-0.2, -0.15) is 0 Å². The Labute approximate surface area is 305 Å². The maximum absolute atomic E-state index is 12.7. The third kappa shape index (κ3) is 10.6. The van der Waals surface area contributed by atoms with Crippen molar-refractivity contribution < 1.29 is 24.2 Å². The molecule has 2 aliphatic rings. The van der Waals surface area contributed by atoms with Gasteiger partial charge in [-0.05, 0) is 54.3 Å². The van der Waals surface area contributed by atoms with E-state index in [-0.39, 0.29) is 30.6 Å². The summed E-state index contributed by atoms with van der Waals surface area (Å²) in [7, 11) is 0. The molecule has 0 unspecified atom stereocenters. The highest BCUT2D eigenvalue weighted by molar-refractivity contribution is 5.93. The quantitative estimate of drug-likeness (QED) is 0.0876. The smallest absolute Gasteiger partial charge is 0.225 e. The van der Waals surface area contributed by atoms with Gasteiger partial charge in [0.15, 0.2) is 6.29 Å². The minimum Gasteiger partial charge on any atom is -0.397 e. The van der Waals surface area contributed by atoms with Crippen molar-refractivity contribution >= 4 is 34.8 Å². The number of anilines is 4. The third-order valence-electron chi connectivity index (χ3n) is 9.54. The van der Waals surface area contributed by atoms with Crippen molar-refractivity contribution in [2.45, 2.75) is 70.1 Å². The van der Waals surface area contributed by atoms with Crippen molar-refractivity contribution in [3.05, 3.63) is 108 Å². The van der Waals surface area contributed by atoms with E-state index in [1.54, 1.807) is 24.5 Å². The number of unbranched alkanes of at least 4 members (excludes halogenated alkanes) is 3. The van der Waals surface area contributed by atoms with Gasteiger partial charge < -0.3 is 35.8 Å². The fourth-order valence-electron chi connectivity index (χ4n) is 6.60. The Bertz CT molecular complexity index is 1720. The van der Waals surface area contributed by atoms with Crippen LogP contribution in [0.4, 0.5) is 23.0 Å². The maximum atomic E-state index is 12.7. The zero-order chi connectivity index (χ0) is 36.1. The second kappa shape index (κ2) is 18.6. The van der Waals surface area contributed by atoms with Gasteiger partial charge in [-0.3, -0.25) is 14.5 Å². The number of carbonyl (C=O) groups excluding carboxylic acids is 2. The number of para-hydroxylation sites is 2. The third-order valence-corrected chi connectivity index (χ3v) is 9.54. The molecule has 2 saturated heterocycles. The monoisotopic (exact) mass is 707 g/mol. The van der Waals surface area contributed by atoms with Gasteiger partial charge in [0, 0.05) is 75.6 Å². The van der Waals surface area contributed by atoms with Crippen LogP contribution in [-0.2, 0) is 25.7 Å². The van der Waals surface area contributed by atoms with Crippen molar-refractivity contribution in [2.75, 3.05) is 54.0 Å². The number of aliphatic hydroxyl groups excluding tert-OH is 1. The van der Waals surface area contributed by atoms with Crippen LogP contribution in [0.3, 0.4) is 0 Å². The number of carbonyl (C=O) groups is 2. The summed E-state index contributed by atoms with van der Waals surface area (Å²) in [5.41, 5.74) is 10.6. The fourth-order valence-corrected chi connectivity index (χ4v) is 6.60. The number of ether oxygens (including phenoxy) is 2. The molecule has 3 atom stereocenters. The summed E-state index contributed by atoms with van der Waals surface area (Å²) in [5, 5.41) is 15.4. The van der Waals surface area contributed by atoms with E-state index < -0.39 is 6.29 Å². The molecule has 2 fully saturated rings. The Balaban J connectivity index is 0.972. The zero-order valence-corrected chi connectivity index (χ0v) is 29.5. The van der Waals surface area contributed by atoms with E-state index in [2.05, 4.69) is 30.4 Å². The molecule has 0 saturated carbocycles. The van der Waals surface area contributed by atoms with Crippen molar-refractivity contribution in [1.29, 1.82) is 0 Å². The Morgan fingerprint density at radius 3 is 2.10 bits per heavy atom. The second-order valence-electron chi connectivity index (χ2n) is 13.4. The number of piperazine rings is 1. The number of nitrogens with zero attached hydrogens (tertiary/aromatic N) is 4. The lowest BCUT2D eigenvalue weighted by atomic mass is 9.99. The molecule has 12 heteroatoms. The number of benzene rings is 3. The summed E-state index contributed by atoms with van der Waals surface area (Å²) in [6.07, 6.45) is 7.52. The predicted molar refractivity (Wildman–Crippen MR) is 201 cm³/mol. The average molecular weight is 708 g/mol. The van der Waals surface area contributed by atoms with Gasteiger partial charge in [-0.25, -0.2) is 9.97 Å². The van der Waals surface area contributed by atoms with Crippen LogP contribution in [0.5, 0.6) is 0 Å². The molecule has 3 heterocycles. The van der Waals surface area contributed by atoms with Gasteiger partial charge in [0.1, 0.15) is 0 Å². The summed E-state index contributed by atoms with van der Waals surface area (Å²) < 4.78 is 13.1. The fraction of sp³-hybridized carbons (Fsp3) is 0.400. The first kappa shape index (κ1) is 36.9. The molecule has 274 valence electrons. The van der Waals surface area contributed by atoms with Gasteiger partial charge >= 0.3 is 0 Å². The zero-order valence-electron chi connectivity index (χ0n) is 29.5. The summed E-state index contributed by atoms with van der Waals surface area (Å²) in [4.78, 5) is 38.4. The molecule has 2 aliphatic heterocycles. The number of nitrogen functional groups attached to an aromatic ring is 1. The van der Waals surface area contributed by atoms with Gasteiger partial charge in [0.05, 0.1) is 30.2 Å². The minimum atomic E-state index is -0.572. The van der Waals surface area contributed by atoms with E-state index in [1.165, 1.54) is 0 Å². The average Bonchev–Trinajstić information content (AvgIpc) is 3.18. The summed E-state index contributed by atoms with van der Waals surface area (Å²) in [5.74, 6) is 0.666. The number of hydrogen-bond donors (Lipinski definition) is 4. The molecule has 0 radical (unpaired) electrons. The van der Waals surface area contributed by atoms with Crippen LogP contribution in [0.15, 0.2) is 91.3 Å². The standard InChI is InChI=1S/C40H49N7O5/c41-34-8-5-6-9-35(34)45-38(50)11-4-2-1-3-10-37(49)44-32-18-16-31(17-19-32)39-51-33(26-36(52-39)30-14-12-29(28-48)13-15-30)27-46-22-24-47(25-23-46)40-42-20-7-21-43-40/h5-9,12-21,33,36,39,48H,1-4,10-11,22-28,41H2,(H,44,49)(H,45,50)/t33-,36+,39+/m0/s1. The topological polar surface area (TPSA) is 155 Å². The number of aromatic nitrogens is 2. The largest absolute Gasteiger partial charge is 0.397 e. The molecule has 1 aromatic heterocycles. The van der Waals surface area contributed by atoms with Crippen LogP contribution < -0.4 is 21.3 Å². The lowest BCUT2D eigenvalue weighted by Crippen LogP contribution is -2.50. The van der Waals surface area contributed by atoms with E-state index in [0.717, 1.165) is 86.7 Å². The van der Waals surface area contributed by atoms with E-state index in [4.69, 9.17) is 15.2 Å². The number of nitrogens with two attached hydrogens (primary N) is 1. The molecule has 0 spiro atoms. The molecule has 0 bridgehead atoms. The van der Waals surface area contributed by atoms with Crippen LogP contribution in [0.1, 0.15) is 74.0 Å². The normalized spacial score (nSPS) is 19.2.